The molecule has 1 saturated heterocycles. The van der Waals surface area contributed by atoms with Crippen molar-refractivity contribution in [2.45, 2.75) is 32.4 Å². The highest BCUT2D eigenvalue weighted by Crippen LogP contribution is 2.24. The maximum absolute atomic E-state index is 4.54. The van der Waals surface area contributed by atoms with Crippen LogP contribution in [0.15, 0.2) is 54.9 Å². The van der Waals surface area contributed by atoms with Crippen LogP contribution in [0.2, 0.25) is 0 Å². The van der Waals surface area contributed by atoms with Crippen LogP contribution in [0.1, 0.15) is 36.9 Å². The summed E-state index contributed by atoms with van der Waals surface area (Å²) in [5, 5.41) is 6.20. The molecule has 0 amide bonds. The molecule has 1 aliphatic heterocycles. The molecular formula is C21H24N4. The first-order valence-electron chi connectivity index (χ1n) is 9.08. The summed E-state index contributed by atoms with van der Waals surface area (Å²) in [5.74, 6) is 0.864. The standard InChI is InChI=1S/C21H24N4/c1-16(19-10-6-8-18-7-2-3-9-20(18)19)22-13-17-14-23-21(24-15-17)25-11-4-5-12-25/h2-3,6-10,14-16,22H,4-5,11-13H2,1H3. The summed E-state index contributed by atoms with van der Waals surface area (Å²) in [4.78, 5) is 11.3. The fourth-order valence-electron chi connectivity index (χ4n) is 3.53. The van der Waals surface area contributed by atoms with Gasteiger partial charge in [-0.25, -0.2) is 9.97 Å². The predicted molar refractivity (Wildman–Crippen MR) is 103 cm³/mol. The molecule has 4 rings (SSSR count). The van der Waals surface area contributed by atoms with Gasteiger partial charge in [-0.3, -0.25) is 0 Å². The minimum absolute atomic E-state index is 0.268. The first-order valence-corrected chi connectivity index (χ1v) is 9.08. The summed E-state index contributed by atoms with van der Waals surface area (Å²) in [6.45, 7) is 5.14. The number of fused-ring (bicyclic) bond motifs is 1. The van der Waals surface area contributed by atoms with E-state index in [4.69, 9.17) is 0 Å². The third kappa shape index (κ3) is 3.49. The molecule has 0 saturated carbocycles. The van der Waals surface area contributed by atoms with E-state index in [9.17, 15) is 0 Å². The van der Waals surface area contributed by atoms with Crippen molar-refractivity contribution in [3.8, 4) is 0 Å². The smallest absolute Gasteiger partial charge is 0.225 e. The van der Waals surface area contributed by atoms with Crippen molar-refractivity contribution < 1.29 is 0 Å². The van der Waals surface area contributed by atoms with Gasteiger partial charge in [0.2, 0.25) is 5.95 Å². The van der Waals surface area contributed by atoms with Gasteiger partial charge in [-0.05, 0) is 36.1 Å². The normalized spacial score (nSPS) is 15.6. The van der Waals surface area contributed by atoms with Crippen molar-refractivity contribution in [2.75, 3.05) is 18.0 Å². The lowest BCUT2D eigenvalue weighted by Crippen LogP contribution is -2.21. The van der Waals surface area contributed by atoms with Gasteiger partial charge in [-0.1, -0.05) is 42.5 Å². The Morgan fingerprint density at radius 1 is 1.00 bits per heavy atom. The second-order valence-electron chi connectivity index (χ2n) is 6.76. The van der Waals surface area contributed by atoms with Crippen LogP contribution in [0.3, 0.4) is 0 Å². The van der Waals surface area contributed by atoms with Gasteiger partial charge in [0, 0.05) is 43.6 Å². The van der Waals surface area contributed by atoms with Gasteiger partial charge < -0.3 is 10.2 Å². The number of rotatable bonds is 5. The van der Waals surface area contributed by atoms with Crippen LogP contribution in [-0.4, -0.2) is 23.1 Å². The van der Waals surface area contributed by atoms with Crippen molar-refractivity contribution in [2.24, 2.45) is 0 Å². The fourth-order valence-corrected chi connectivity index (χ4v) is 3.53. The zero-order valence-corrected chi connectivity index (χ0v) is 14.7. The molecule has 4 heteroatoms. The maximum Gasteiger partial charge on any atom is 0.225 e. The first-order chi connectivity index (χ1) is 12.3. The minimum Gasteiger partial charge on any atom is -0.341 e. The van der Waals surface area contributed by atoms with Crippen LogP contribution in [0.4, 0.5) is 5.95 Å². The Hall–Kier alpha value is -2.46. The van der Waals surface area contributed by atoms with Crippen molar-refractivity contribution in [1.29, 1.82) is 0 Å². The van der Waals surface area contributed by atoms with Crippen molar-refractivity contribution in [3.63, 3.8) is 0 Å². The molecule has 3 aromatic rings. The Morgan fingerprint density at radius 2 is 1.72 bits per heavy atom. The predicted octanol–water partition coefficient (Wildman–Crippen LogP) is 4.08. The van der Waals surface area contributed by atoms with Crippen LogP contribution in [0, 0.1) is 0 Å². The molecule has 4 nitrogen and oxygen atoms in total. The molecule has 0 radical (unpaired) electrons. The highest BCUT2D eigenvalue weighted by atomic mass is 15.3. The Kier molecular flexibility index (Phi) is 4.61. The van der Waals surface area contributed by atoms with E-state index in [-0.39, 0.29) is 6.04 Å². The van der Waals surface area contributed by atoms with E-state index in [0.717, 1.165) is 31.1 Å². The lowest BCUT2D eigenvalue weighted by Gasteiger charge is -2.17. The van der Waals surface area contributed by atoms with Gasteiger partial charge in [-0.2, -0.15) is 0 Å². The van der Waals surface area contributed by atoms with Gasteiger partial charge in [0.1, 0.15) is 0 Å². The largest absolute Gasteiger partial charge is 0.341 e. The fraction of sp³-hybridized carbons (Fsp3) is 0.333. The number of anilines is 1. The Balaban J connectivity index is 1.43. The second kappa shape index (κ2) is 7.19. The highest BCUT2D eigenvalue weighted by molar-refractivity contribution is 5.86. The molecule has 25 heavy (non-hydrogen) atoms. The molecule has 1 N–H and O–H groups in total. The van der Waals surface area contributed by atoms with Gasteiger partial charge in [0.05, 0.1) is 0 Å². The highest BCUT2D eigenvalue weighted by Gasteiger charge is 2.14. The zero-order valence-electron chi connectivity index (χ0n) is 14.7. The molecule has 1 aliphatic rings. The second-order valence-corrected chi connectivity index (χ2v) is 6.76. The van der Waals surface area contributed by atoms with E-state index in [0.29, 0.717) is 0 Å². The third-order valence-electron chi connectivity index (χ3n) is 4.98. The Morgan fingerprint density at radius 3 is 2.52 bits per heavy atom. The van der Waals surface area contributed by atoms with Crippen molar-refractivity contribution in [3.05, 3.63) is 66.0 Å². The molecule has 128 valence electrons. The average molecular weight is 332 g/mol. The van der Waals surface area contributed by atoms with Gasteiger partial charge >= 0.3 is 0 Å². The Labute approximate surface area is 148 Å². The molecule has 2 heterocycles. The first kappa shape index (κ1) is 16.0. The van der Waals surface area contributed by atoms with Gasteiger partial charge in [0.15, 0.2) is 0 Å². The summed E-state index contributed by atoms with van der Waals surface area (Å²) in [6, 6.07) is 15.3. The van der Waals surface area contributed by atoms with Crippen molar-refractivity contribution in [1.82, 2.24) is 15.3 Å². The number of hydrogen-bond donors (Lipinski definition) is 1. The summed E-state index contributed by atoms with van der Waals surface area (Å²) in [6.07, 6.45) is 6.39. The maximum atomic E-state index is 4.54. The van der Waals surface area contributed by atoms with E-state index in [2.05, 4.69) is 69.6 Å². The van der Waals surface area contributed by atoms with Crippen molar-refractivity contribution >= 4 is 16.7 Å². The van der Waals surface area contributed by atoms with Gasteiger partial charge in [-0.15, -0.1) is 0 Å². The van der Waals surface area contributed by atoms with E-state index in [1.807, 2.05) is 12.4 Å². The topological polar surface area (TPSA) is 41.1 Å². The van der Waals surface area contributed by atoms with E-state index < -0.39 is 0 Å². The zero-order chi connectivity index (χ0) is 17.1. The lowest BCUT2D eigenvalue weighted by molar-refractivity contribution is 0.576. The number of benzene rings is 2. The van der Waals surface area contributed by atoms with Crippen LogP contribution in [0.25, 0.3) is 10.8 Å². The summed E-state index contributed by atoms with van der Waals surface area (Å²) in [5.41, 5.74) is 2.45. The minimum atomic E-state index is 0.268. The van der Waals surface area contributed by atoms with Crippen LogP contribution < -0.4 is 10.2 Å². The van der Waals surface area contributed by atoms with E-state index in [1.165, 1.54) is 29.2 Å². The quantitative estimate of drug-likeness (QED) is 0.764. The molecular weight excluding hydrogens is 308 g/mol. The number of aromatic nitrogens is 2. The molecule has 0 spiro atoms. The average Bonchev–Trinajstić information content (AvgIpc) is 3.21. The van der Waals surface area contributed by atoms with Crippen LogP contribution in [-0.2, 0) is 6.54 Å². The van der Waals surface area contributed by atoms with Gasteiger partial charge in [0.25, 0.3) is 0 Å². The number of hydrogen-bond acceptors (Lipinski definition) is 4. The third-order valence-corrected chi connectivity index (χ3v) is 4.98. The Bertz CT molecular complexity index is 833. The summed E-state index contributed by atoms with van der Waals surface area (Å²) in [7, 11) is 0. The number of nitrogens with one attached hydrogen (secondary N) is 1. The molecule has 0 aliphatic carbocycles. The SMILES string of the molecule is CC(NCc1cnc(N2CCCC2)nc1)c1cccc2ccccc12. The summed E-state index contributed by atoms with van der Waals surface area (Å²) < 4.78 is 0. The van der Waals surface area contributed by atoms with E-state index in [1.54, 1.807) is 0 Å². The van der Waals surface area contributed by atoms with Crippen LogP contribution >= 0.6 is 0 Å². The van der Waals surface area contributed by atoms with Crippen LogP contribution in [0.5, 0.6) is 0 Å². The lowest BCUT2D eigenvalue weighted by atomic mass is 9.99. The van der Waals surface area contributed by atoms with E-state index >= 15 is 0 Å². The number of nitrogens with zero attached hydrogens (tertiary/aromatic N) is 3. The molecule has 1 fully saturated rings. The molecule has 1 unspecified atom stereocenters. The summed E-state index contributed by atoms with van der Waals surface area (Å²) >= 11 is 0. The molecule has 1 aromatic heterocycles. The monoisotopic (exact) mass is 332 g/mol. The molecule has 2 aromatic carbocycles. The molecule has 0 bridgehead atoms. The molecule has 1 atom stereocenters.